The largest absolute Gasteiger partial charge is 0.467 e. The van der Waals surface area contributed by atoms with Gasteiger partial charge in [0.25, 0.3) is 0 Å². The van der Waals surface area contributed by atoms with Crippen molar-refractivity contribution in [2.75, 3.05) is 5.88 Å². The molecule has 1 N–H and O–H groups in total. The minimum atomic E-state index is -0.619. The summed E-state index contributed by atoms with van der Waals surface area (Å²) in [4.78, 5) is 0. The molecule has 66 valence electrons. The number of hydrogen-bond acceptors (Lipinski definition) is 2. The summed E-state index contributed by atoms with van der Waals surface area (Å²) in [7, 11) is 0. The maximum atomic E-state index is 9.50. The Morgan fingerprint density at radius 3 is 3.00 bits per heavy atom. The summed E-state index contributed by atoms with van der Waals surface area (Å²) in [6.07, 6.45) is 1.37. The molecule has 0 bridgehead atoms. The zero-order valence-electron chi connectivity index (χ0n) is 6.66. The molecule has 0 radical (unpaired) electrons. The summed E-state index contributed by atoms with van der Waals surface area (Å²) in [5, 5.41) is 9.50. The molecule has 2 nitrogen and oxygen atoms in total. The van der Waals surface area contributed by atoms with Gasteiger partial charge < -0.3 is 9.52 Å². The number of alkyl halides is 1. The van der Waals surface area contributed by atoms with Crippen LogP contribution in [0.3, 0.4) is 0 Å². The van der Waals surface area contributed by atoms with Gasteiger partial charge in [-0.05, 0) is 12.1 Å². The lowest BCUT2D eigenvalue weighted by molar-refractivity contribution is 0.150. The third-order valence-corrected chi connectivity index (χ3v) is 1.92. The van der Waals surface area contributed by atoms with Gasteiger partial charge in [0.05, 0.1) is 6.26 Å². The topological polar surface area (TPSA) is 33.4 Å². The average Bonchev–Trinajstić information content (AvgIpc) is 2.56. The molecule has 0 saturated carbocycles. The van der Waals surface area contributed by atoms with Crippen molar-refractivity contribution in [3.63, 3.8) is 0 Å². The van der Waals surface area contributed by atoms with E-state index in [0.29, 0.717) is 18.1 Å². The van der Waals surface area contributed by atoms with Gasteiger partial charge in [-0.2, -0.15) is 0 Å². The molecule has 0 fully saturated rings. The Labute approximate surface area is 76.5 Å². The molecular weight excluding hydrogens is 176 g/mol. The average molecular weight is 187 g/mol. The van der Waals surface area contributed by atoms with Gasteiger partial charge in [0, 0.05) is 12.3 Å². The molecule has 0 saturated heterocycles. The molecule has 1 aromatic rings. The van der Waals surface area contributed by atoms with Gasteiger partial charge in [-0.25, -0.2) is 0 Å². The molecule has 0 unspecified atom stereocenters. The zero-order chi connectivity index (χ0) is 8.97. The van der Waals surface area contributed by atoms with Gasteiger partial charge in [-0.15, -0.1) is 11.6 Å². The van der Waals surface area contributed by atoms with E-state index in [9.17, 15) is 5.11 Å². The Hall–Kier alpha value is -0.730. The third-order valence-electron chi connectivity index (χ3n) is 1.54. The lowest BCUT2D eigenvalue weighted by Crippen LogP contribution is -1.97. The number of aliphatic hydroxyl groups is 1. The second kappa shape index (κ2) is 4.33. The molecular formula is C9H11ClO2. The molecule has 1 aromatic heterocycles. The van der Waals surface area contributed by atoms with Gasteiger partial charge in [-0.1, -0.05) is 12.2 Å². The van der Waals surface area contributed by atoms with Crippen molar-refractivity contribution in [1.82, 2.24) is 0 Å². The van der Waals surface area contributed by atoms with Gasteiger partial charge in [0.15, 0.2) is 0 Å². The quantitative estimate of drug-likeness (QED) is 0.579. The van der Waals surface area contributed by atoms with Crippen molar-refractivity contribution in [1.29, 1.82) is 0 Å². The van der Waals surface area contributed by atoms with E-state index in [1.165, 1.54) is 6.26 Å². The van der Waals surface area contributed by atoms with Crippen LogP contribution in [-0.2, 0) is 0 Å². The molecule has 1 atom stereocenters. The highest BCUT2D eigenvalue weighted by molar-refractivity contribution is 6.19. The van der Waals surface area contributed by atoms with Crippen molar-refractivity contribution in [2.45, 2.75) is 12.5 Å². The van der Waals surface area contributed by atoms with E-state index < -0.39 is 6.10 Å². The smallest absolute Gasteiger partial charge is 0.132 e. The van der Waals surface area contributed by atoms with Gasteiger partial charge in [0.2, 0.25) is 0 Å². The monoisotopic (exact) mass is 186 g/mol. The summed E-state index contributed by atoms with van der Waals surface area (Å²) >= 11 is 5.52. The zero-order valence-corrected chi connectivity index (χ0v) is 7.42. The van der Waals surface area contributed by atoms with E-state index in [0.717, 1.165) is 5.57 Å². The summed E-state index contributed by atoms with van der Waals surface area (Å²) < 4.78 is 5.01. The Balaban J connectivity index is 2.49. The lowest BCUT2D eigenvalue weighted by Gasteiger charge is -2.07. The highest BCUT2D eigenvalue weighted by Gasteiger charge is 2.10. The minimum Gasteiger partial charge on any atom is -0.467 e. The van der Waals surface area contributed by atoms with Crippen LogP contribution in [0.5, 0.6) is 0 Å². The molecule has 0 aliphatic heterocycles. The van der Waals surface area contributed by atoms with Crippen molar-refractivity contribution < 1.29 is 9.52 Å². The van der Waals surface area contributed by atoms with E-state index in [-0.39, 0.29) is 0 Å². The fourth-order valence-corrected chi connectivity index (χ4v) is 1.02. The first-order valence-corrected chi connectivity index (χ1v) is 4.21. The van der Waals surface area contributed by atoms with E-state index in [4.69, 9.17) is 16.0 Å². The number of aliphatic hydroxyl groups excluding tert-OH is 1. The first-order valence-electron chi connectivity index (χ1n) is 3.68. The van der Waals surface area contributed by atoms with Gasteiger partial charge in [0.1, 0.15) is 11.9 Å². The first kappa shape index (κ1) is 9.36. The van der Waals surface area contributed by atoms with Crippen LogP contribution in [0.15, 0.2) is 35.0 Å². The van der Waals surface area contributed by atoms with Crippen LogP contribution in [0.1, 0.15) is 18.3 Å². The fourth-order valence-electron chi connectivity index (χ4n) is 0.909. The highest BCUT2D eigenvalue weighted by Crippen LogP contribution is 2.20. The van der Waals surface area contributed by atoms with Gasteiger partial charge >= 0.3 is 0 Å². The molecule has 0 aromatic carbocycles. The Morgan fingerprint density at radius 2 is 2.50 bits per heavy atom. The van der Waals surface area contributed by atoms with Gasteiger partial charge in [-0.3, -0.25) is 0 Å². The molecule has 3 heteroatoms. The lowest BCUT2D eigenvalue weighted by atomic mass is 10.1. The van der Waals surface area contributed by atoms with Crippen LogP contribution < -0.4 is 0 Å². The minimum absolute atomic E-state index is 0.373. The maximum Gasteiger partial charge on any atom is 0.132 e. The standard InChI is InChI=1S/C9H11ClO2/c1-7(6-10)5-8(11)9-3-2-4-12-9/h2-4,8,11H,1,5-6H2/t8-/m0/s1. The summed E-state index contributed by atoms with van der Waals surface area (Å²) in [5.41, 5.74) is 0.806. The van der Waals surface area contributed by atoms with Crippen molar-refractivity contribution in [2.24, 2.45) is 0 Å². The normalized spacial score (nSPS) is 12.8. The molecule has 0 spiro atoms. The number of halogens is 1. The number of rotatable bonds is 4. The van der Waals surface area contributed by atoms with E-state index >= 15 is 0 Å². The SMILES string of the molecule is C=C(CCl)C[C@H](O)c1ccco1. The Bertz CT molecular complexity index is 241. The van der Waals surface area contributed by atoms with Crippen molar-refractivity contribution in [3.8, 4) is 0 Å². The summed E-state index contributed by atoms with van der Waals surface area (Å²) in [6.45, 7) is 3.69. The van der Waals surface area contributed by atoms with E-state index in [1.807, 2.05) is 0 Å². The number of hydrogen-bond donors (Lipinski definition) is 1. The van der Waals surface area contributed by atoms with Crippen LogP contribution in [0.2, 0.25) is 0 Å². The van der Waals surface area contributed by atoms with Crippen LogP contribution in [-0.4, -0.2) is 11.0 Å². The Kier molecular flexibility index (Phi) is 3.38. The first-order chi connectivity index (χ1) is 5.74. The molecule has 0 amide bonds. The summed E-state index contributed by atoms with van der Waals surface area (Å²) in [5.74, 6) is 0.930. The van der Waals surface area contributed by atoms with Crippen LogP contribution in [0, 0.1) is 0 Å². The van der Waals surface area contributed by atoms with Crippen LogP contribution in [0.4, 0.5) is 0 Å². The predicted octanol–water partition coefficient (Wildman–Crippen LogP) is 2.50. The molecule has 0 aliphatic carbocycles. The van der Waals surface area contributed by atoms with E-state index in [1.54, 1.807) is 12.1 Å². The van der Waals surface area contributed by atoms with Crippen LogP contribution in [0.25, 0.3) is 0 Å². The van der Waals surface area contributed by atoms with Crippen molar-refractivity contribution >= 4 is 11.6 Å². The highest BCUT2D eigenvalue weighted by atomic mass is 35.5. The predicted molar refractivity (Wildman–Crippen MR) is 48.1 cm³/mol. The second-order valence-electron chi connectivity index (χ2n) is 2.62. The number of furan rings is 1. The summed E-state index contributed by atoms with van der Waals surface area (Å²) in [6, 6.07) is 3.47. The van der Waals surface area contributed by atoms with Crippen LogP contribution >= 0.6 is 11.6 Å². The second-order valence-corrected chi connectivity index (χ2v) is 2.89. The third kappa shape index (κ3) is 2.40. The molecule has 1 rings (SSSR count). The Morgan fingerprint density at radius 1 is 1.75 bits per heavy atom. The molecule has 1 heterocycles. The molecule has 12 heavy (non-hydrogen) atoms. The van der Waals surface area contributed by atoms with E-state index in [2.05, 4.69) is 6.58 Å². The maximum absolute atomic E-state index is 9.50. The van der Waals surface area contributed by atoms with Crippen molar-refractivity contribution in [3.05, 3.63) is 36.3 Å². The fraction of sp³-hybridized carbons (Fsp3) is 0.333. The molecule has 0 aliphatic rings.